The fourth-order valence-corrected chi connectivity index (χ4v) is 2.25. The number of methoxy groups -OCH3 is 1. The number of carbonyl (C=O) groups is 1. The highest BCUT2D eigenvalue weighted by Crippen LogP contribution is 2.23. The van der Waals surface area contributed by atoms with Crippen LogP contribution in [0.5, 0.6) is 0 Å². The molecular weight excluding hydrogens is 252 g/mol. The van der Waals surface area contributed by atoms with Gasteiger partial charge in [0.15, 0.2) is 10.8 Å². The molecule has 2 aromatic rings. The third-order valence-electron chi connectivity index (χ3n) is 2.43. The maximum atomic E-state index is 11.3. The van der Waals surface area contributed by atoms with Crippen LogP contribution >= 0.6 is 11.3 Å². The van der Waals surface area contributed by atoms with Crippen molar-refractivity contribution in [3.63, 3.8) is 0 Å². The largest absolute Gasteiger partial charge is 0.464 e. The van der Waals surface area contributed by atoms with Crippen LogP contribution in [-0.4, -0.2) is 18.1 Å². The van der Waals surface area contributed by atoms with Crippen LogP contribution in [0.3, 0.4) is 0 Å². The van der Waals surface area contributed by atoms with Crippen LogP contribution in [0, 0.1) is 6.92 Å². The second-order valence-corrected chi connectivity index (χ2v) is 4.70. The van der Waals surface area contributed by atoms with Gasteiger partial charge in [0.1, 0.15) is 11.5 Å². The second kappa shape index (κ2) is 5.22. The summed E-state index contributed by atoms with van der Waals surface area (Å²) in [5.41, 5.74) is 0.313. The molecule has 0 aromatic carbocycles. The highest BCUT2D eigenvalue weighted by Gasteiger charge is 2.14. The molecule has 0 aliphatic carbocycles. The Labute approximate surface area is 109 Å². The highest BCUT2D eigenvalue weighted by molar-refractivity contribution is 7.13. The Morgan fingerprint density at radius 3 is 2.94 bits per heavy atom. The molecule has 1 N–H and O–H groups in total. The highest BCUT2D eigenvalue weighted by atomic mass is 32.1. The van der Waals surface area contributed by atoms with Crippen molar-refractivity contribution in [2.24, 2.45) is 0 Å². The molecule has 6 heteroatoms. The van der Waals surface area contributed by atoms with E-state index in [-0.39, 0.29) is 6.04 Å². The maximum Gasteiger partial charge on any atom is 0.357 e. The summed E-state index contributed by atoms with van der Waals surface area (Å²) in [4.78, 5) is 15.4. The zero-order chi connectivity index (χ0) is 13.1. The molecule has 5 nitrogen and oxygen atoms in total. The van der Waals surface area contributed by atoms with E-state index in [4.69, 9.17) is 4.42 Å². The lowest BCUT2D eigenvalue weighted by atomic mass is 10.2. The van der Waals surface area contributed by atoms with Gasteiger partial charge in [-0.25, -0.2) is 9.78 Å². The van der Waals surface area contributed by atoms with Crippen LogP contribution < -0.4 is 5.32 Å². The first kappa shape index (κ1) is 12.6. The van der Waals surface area contributed by atoms with Crippen LogP contribution in [0.2, 0.25) is 0 Å². The molecule has 0 aliphatic rings. The molecule has 1 atom stereocenters. The number of ether oxygens (including phenoxy) is 1. The van der Waals surface area contributed by atoms with Crippen molar-refractivity contribution in [2.75, 3.05) is 12.4 Å². The van der Waals surface area contributed by atoms with Crippen LogP contribution in [-0.2, 0) is 4.74 Å². The van der Waals surface area contributed by atoms with E-state index in [1.165, 1.54) is 18.4 Å². The molecule has 2 rings (SSSR count). The first-order valence-electron chi connectivity index (χ1n) is 5.47. The minimum atomic E-state index is -0.430. The number of aromatic nitrogens is 1. The van der Waals surface area contributed by atoms with Gasteiger partial charge in [0, 0.05) is 5.38 Å². The van der Waals surface area contributed by atoms with E-state index in [0.717, 1.165) is 11.5 Å². The number of esters is 1. The summed E-state index contributed by atoms with van der Waals surface area (Å²) in [5, 5.41) is 5.50. The first-order chi connectivity index (χ1) is 8.60. The van der Waals surface area contributed by atoms with Gasteiger partial charge in [0.25, 0.3) is 0 Å². The number of hydrogen-bond donors (Lipinski definition) is 1. The Bertz CT molecular complexity index is 547. The van der Waals surface area contributed by atoms with Crippen molar-refractivity contribution >= 4 is 22.4 Å². The summed E-state index contributed by atoms with van der Waals surface area (Å²) in [6.45, 7) is 3.87. The lowest BCUT2D eigenvalue weighted by Gasteiger charge is -2.09. The number of aryl methyl sites for hydroxylation is 1. The number of nitrogens with zero attached hydrogens (tertiary/aromatic N) is 1. The van der Waals surface area contributed by atoms with E-state index in [9.17, 15) is 4.79 Å². The number of carbonyl (C=O) groups excluding carboxylic acids is 1. The Balaban J connectivity index is 2.05. The van der Waals surface area contributed by atoms with Crippen molar-refractivity contribution in [1.29, 1.82) is 0 Å². The second-order valence-electron chi connectivity index (χ2n) is 3.84. The molecule has 0 aliphatic heterocycles. The predicted octanol–water partition coefficient (Wildman–Crippen LogP) is 3.00. The summed E-state index contributed by atoms with van der Waals surface area (Å²) < 4.78 is 10.1. The molecule has 0 amide bonds. The van der Waals surface area contributed by atoms with Crippen molar-refractivity contribution in [3.05, 3.63) is 34.7 Å². The van der Waals surface area contributed by atoms with Crippen LogP contribution in [0.4, 0.5) is 5.13 Å². The van der Waals surface area contributed by atoms with Gasteiger partial charge < -0.3 is 14.5 Å². The molecule has 0 fully saturated rings. The number of thiazole rings is 1. The molecule has 0 saturated carbocycles. The summed E-state index contributed by atoms with van der Waals surface area (Å²) >= 11 is 1.36. The Morgan fingerprint density at radius 2 is 2.33 bits per heavy atom. The summed E-state index contributed by atoms with van der Waals surface area (Å²) in [6.07, 6.45) is 0. The fraction of sp³-hybridized carbons (Fsp3) is 0.333. The standard InChI is InChI=1S/C12H14N2O3S/c1-7-4-5-10(17-7)8(2)13-12-14-9(6-18-12)11(15)16-3/h4-6,8H,1-3H3,(H,13,14). The van der Waals surface area contributed by atoms with Crippen molar-refractivity contribution in [1.82, 2.24) is 4.98 Å². The van der Waals surface area contributed by atoms with E-state index in [1.54, 1.807) is 5.38 Å². The smallest absolute Gasteiger partial charge is 0.357 e. The molecule has 0 bridgehead atoms. The fourth-order valence-electron chi connectivity index (χ4n) is 1.48. The molecule has 18 heavy (non-hydrogen) atoms. The zero-order valence-corrected chi connectivity index (χ0v) is 11.2. The van der Waals surface area contributed by atoms with Crippen LogP contribution in [0.25, 0.3) is 0 Å². The van der Waals surface area contributed by atoms with Gasteiger partial charge >= 0.3 is 5.97 Å². The monoisotopic (exact) mass is 266 g/mol. The van der Waals surface area contributed by atoms with Gasteiger partial charge in [-0.05, 0) is 26.0 Å². The molecule has 0 spiro atoms. The van der Waals surface area contributed by atoms with Gasteiger partial charge in [-0.2, -0.15) is 0 Å². The van der Waals surface area contributed by atoms with E-state index in [2.05, 4.69) is 15.0 Å². The van der Waals surface area contributed by atoms with Gasteiger partial charge in [0.2, 0.25) is 0 Å². The van der Waals surface area contributed by atoms with Crippen molar-refractivity contribution < 1.29 is 13.9 Å². The molecule has 2 aromatic heterocycles. The minimum absolute atomic E-state index is 0.00431. The normalized spacial score (nSPS) is 12.2. The number of rotatable bonds is 4. The lowest BCUT2D eigenvalue weighted by Crippen LogP contribution is -2.06. The lowest BCUT2D eigenvalue weighted by molar-refractivity contribution is 0.0595. The van der Waals surface area contributed by atoms with Crippen molar-refractivity contribution in [3.8, 4) is 0 Å². The summed E-state index contributed by atoms with van der Waals surface area (Å²) in [5.74, 6) is 1.27. The van der Waals surface area contributed by atoms with Crippen LogP contribution in [0.1, 0.15) is 35.0 Å². The summed E-state index contributed by atoms with van der Waals surface area (Å²) in [6, 6.07) is 3.83. The number of hydrogen-bond acceptors (Lipinski definition) is 6. The predicted molar refractivity (Wildman–Crippen MR) is 68.9 cm³/mol. The molecule has 0 saturated heterocycles. The molecule has 1 unspecified atom stereocenters. The van der Waals surface area contributed by atoms with E-state index in [1.807, 2.05) is 26.0 Å². The topological polar surface area (TPSA) is 64.4 Å². The van der Waals surface area contributed by atoms with Gasteiger partial charge in [-0.3, -0.25) is 0 Å². The van der Waals surface area contributed by atoms with Crippen molar-refractivity contribution in [2.45, 2.75) is 19.9 Å². The van der Waals surface area contributed by atoms with Gasteiger partial charge in [0.05, 0.1) is 13.2 Å². The Hall–Kier alpha value is -1.82. The average Bonchev–Trinajstić information content (AvgIpc) is 2.97. The zero-order valence-electron chi connectivity index (χ0n) is 10.4. The number of anilines is 1. The molecular formula is C12H14N2O3S. The third kappa shape index (κ3) is 2.70. The van der Waals surface area contributed by atoms with E-state index < -0.39 is 5.97 Å². The Morgan fingerprint density at radius 1 is 1.56 bits per heavy atom. The number of nitrogens with one attached hydrogen (secondary N) is 1. The molecule has 96 valence electrons. The van der Waals surface area contributed by atoms with Crippen LogP contribution in [0.15, 0.2) is 21.9 Å². The quantitative estimate of drug-likeness (QED) is 0.862. The SMILES string of the molecule is COC(=O)c1csc(NC(C)c2ccc(C)o2)n1. The average molecular weight is 266 g/mol. The summed E-state index contributed by atoms with van der Waals surface area (Å²) in [7, 11) is 1.34. The third-order valence-corrected chi connectivity index (χ3v) is 3.20. The molecule has 0 radical (unpaired) electrons. The van der Waals surface area contributed by atoms with Gasteiger partial charge in [-0.15, -0.1) is 11.3 Å². The van der Waals surface area contributed by atoms with E-state index in [0.29, 0.717) is 10.8 Å². The Kier molecular flexibility index (Phi) is 3.66. The van der Waals surface area contributed by atoms with Gasteiger partial charge in [-0.1, -0.05) is 0 Å². The maximum absolute atomic E-state index is 11.3. The minimum Gasteiger partial charge on any atom is -0.464 e. The van der Waals surface area contributed by atoms with E-state index >= 15 is 0 Å². The first-order valence-corrected chi connectivity index (χ1v) is 6.35. The number of furan rings is 1. The molecule has 2 heterocycles.